The van der Waals surface area contributed by atoms with Crippen LogP contribution in [0.25, 0.3) is 0 Å². The molecule has 0 bridgehead atoms. The lowest BCUT2D eigenvalue weighted by Crippen LogP contribution is -2.14. The van der Waals surface area contributed by atoms with Crippen molar-refractivity contribution in [1.82, 2.24) is 0 Å². The molecule has 0 unspecified atom stereocenters. The molecule has 0 radical (unpaired) electrons. The highest BCUT2D eigenvalue weighted by Gasteiger charge is 2.08. The summed E-state index contributed by atoms with van der Waals surface area (Å²) in [4.78, 5) is 23.1. The fourth-order valence-electron chi connectivity index (χ4n) is 2.12. The number of ether oxygens (including phenoxy) is 3. The molecule has 25 heavy (non-hydrogen) atoms. The number of carbonyl (C=O) groups excluding carboxylic acids is 2. The van der Waals surface area contributed by atoms with Crippen molar-refractivity contribution in [2.45, 2.75) is 31.8 Å². The van der Waals surface area contributed by atoms with E-state index >= 15 is 0 Å². The van der Waals surface area contributed by atoms with Gasteiger partial charge in [0.05, 0.1) is 13.2 Å². The van der Waals surface area contributed by atoms with E-state index in [0.717, 1.165) is 12.8 Å². The number of methoxy groups -OCH3 is 2. The van der Waals surface area contributed by atoms with Crippen LogP contribution in [-0.4, -0.2) is 38.9 Å². The van der Waals surface area contributed by atoms with Crippen LogP contribution >= 0.6 is 0 Å². The molecule has 0 aliphatic heterocycles. The number of ketones is 1. The van der Waals surface area contributed by atoms with Crippen molar-refractivity contribution in [2.75, 3.05) is 21.0 Å². The van der Waals surface area contributed by atoms with E-state index in [-0.39, 0.29) is 18.7 Å². The van der Waals surface area contributed by atoms with E-state index in [1.54, 1.807) is 12.2 Å². The van der Waals surface area contributed by atoms with E-state index in [4.69, 9.17) is 9.47 Å². The average molecular weight is 346 g/mol. The maximum absolute atomic E-state index is 11.9. The normalized spacial score (nSPS) is 12.6. The van der Waals surface area contributed by atoms with Gasteiger partial charge in [0.25, 0.3) is 0 Å². The van der Waals surface area contributed by atoms with Crippen LogP contribution in [-0.2, 0) is 30.2 Å². The van der Waals surface area contributed by atoms with E-state index in [1.807, 2.05) is 24.3 Å². The van der Waals surface area contributed by atoms with Gasteiger partial charge in [-0.1, -0.05) is 36.4 Å². The molecule has 0 heterocycles. The second kappa shape index (κ2) is 13.1. The van der Waals surface area contributed by atoms with Gasteiger partial charge in [0.2, 0.25) is 0 Å². The number of rotatable bonds is 12. The van der Waals surface area contributed by atoms with Crippen LogP contribution in [0.4, 0.5) is 0 Å². The molecule has 0 fully saturated rings. The minimum absolute atomic E-state index is 0.0329. The third-order valence-electron chi connectivity index (χ3n) is 3.47. The Kier molecular flexibility index (Phi) is 10.9. The highest BCUT2D eigenvalue weighted by atomic mass is 16.7. The SMILES string of the molecule is COCO[C@H](/C=C/C(=O)OC)CCC(=O)/C=C/CCc1ccccc1. The van der Waals surface area contributed by atoms with Crippen LogP contribution in [0.5, 0.6) is 0 Å². The van der Waals surface area contributed by atoms with Crippen LogP contribution in [0.3, 0.4) is 0 Å². The first-order valence-electron chi connectivity index (χ1n) is 8.25. The van der Waals surface area contributed by atoms with Gasteiger partial charge in [0.1, 0.15) is 6.79 Å². The third kappa shape index (κ3) is 10.3. The zero-order chi connectivity index (χ0) is 18.3. The summed E-state index contributed by atoms with van der Waals surface area (Å²) in [5.41, 5.74) is 1.25. The van der Waals surface area contributed by atoms with E-state index in [0.29, 0.717) is 12.8 Å². The summed E-state index contributed by atoms with van der Waals surface area (Å²) in [5, 5.41) is 0. The topological polar surface area (TPSA) is 61.8 Å². The Labute approximate surface area is 149 Å². The predicted octanol–water partition coefficient (Wildman–Crippen LogP) is 3.24. The molecule has 1 aromatic carbocycles. The number of carbonyl (C=O) groups is 2. The number of hydrogen-bond acceptors (Lipinski definition) is 5. The van der Waals surface area contributed by atoms with Crippen molar-refractivity contribution in [3.63, 3.8) is 0 Å². The largest absolute Gasteiger partial charge is 0.466 e. The molecular weight excluding hydrogens is 320 g/mol. The molecule has 0 aliphatic rings. The van der Waals surface area contributed by atoms with Crippen molar-refractivity contribution in [1.29, 1.82) is 0 Å². The Hall–Kier alpha value is -2.24. The molecular formula is C20H26O5. The molecule has 0 spiro atoms. The van der Waals surface area contributed by atoms with Crippen LogP contribution in [0.2, 0.25) is 0 Å². The fraction of sp³-hybridized carbons (Fsp3) is 0.400. The molecule has 0 saturated carbocycles. The van der Waals surface area contributed by atoms with E-state index in [2.05, 4.69) is 16.9 Å². The molecule has 0 saturated heterocycles. The molecule has 0 N–H and O–H groups in total. The zero-order valence-corrected chi connectivity index (χ0v) is 14.9. The van der Waals surface area contributed by atoms with E-state index in [9.17, 15) is 9.59 Å². The number of aryl methyl sites for hydroxylation is 1. The van der Waals surface area contributed by atoms with Crippen LogP contribution in [0, 0.1) is 0 Å². The first-order chi connectivity index (χ1) is 12.2. The van der Waals surface area contributed by atoms with Crippen molar-refractivity contribution < 1.29 is 23.8 Å². The minimum atomic E-state index is -0.460. The second-order valence-electron chi connectivity index (χ2n) is 5.43. The number of esters is 1. The van der Waals surface area contributed by atoms with E-state index < -0.39 is 5.97 Å². The van der Waals surface area contributed by atoms with Gasteiger partial charge in [-0.3, -0.25) is 4.79 Å². The highest BCUT2D eigenvalue weighted by Crippen LogP contribution is 2.07. The van der Waals surface area contributed by atoms with Gasteiger partial charge in [-0.25, -0.2) is 4.79 Å². The zero-order valence-electron chi connectivity index (χ0n) is 14.9. The summed E-state index contributed by atoms with van der Waals surface area (Å²) in [6.45, 7) is 0.0945. The van der Waals surface area contributed by atoms with Crippen molar-refractivity contribution >= 4 is 11.8 Å². The molecule has 0 amide bonds. The Bertz CT molecular complexity index is 563. The second-order valence-corrected chi connectivity index (χ2v) is 5.43. The molecule has 0 aliphatic carbocycles. The summed E-state index contributed by atoms with van der Waals surface area (Å²) in [6.07, 6.45) is 8.54. The quantitative estimate of drug-likeness (QED) is 0.330. The Balaban J connectivity index is 2.35. The van der Waals surface area contributed by atoms with E-state index in [1.165, 1.54) is 25.9 Å². The first kappa shape index (κ1) is 20.8. The predicted molar refractivity (Wildman–Crippen MR) is 96.0 cm³/mol. The summed E-state index contributed by atoms with van der Waals surface area (Å²) >= 11 is 0. The minimum Gasteiger partial charge on any atom is -0.466 e. The van der Waals surface area contributed by atoms with Crippen LogP contribution in [0.1, 0.15) is 24.8 Å². The lowest BCUT2D eigenvalue weighted by atomic mass is 10.1. The maximum Gasteiger partial charge on any atom is 0.330 e. The Morgan fingerprint density at radius 3 is 2.56 bits per heavy atom. The van der Waals surface area contributed by atoms with Gasteiger partial charge in [0.15, 0.2) is 5.78 Å². The third-order valence-corrected chi connectivity index (χ3v) is 3.47. The smallest absolute Gasteiger partial charge is 0.330 e. The Morgan fingerprint density at radius 1 is 1.12 bits per heavy atom. The molecule has 1 atom stereocenters. The summed E-state index contributed by atoms with van der Waals surface area (Å²) < 4.78 is 14.8. The molecule has 1 aromatic rings. The standard InChI is InChI=1S/C20H26O5/c1-23-16-25-19(14-15-20(22)24-2)13-12-18(21)11-7-6-10-17-8-4-3-5-9-17/h3-5,7-9,11,14-15,19H,6,10,12-13,16H2,1-2H3/b11-7+,15-14+/t19-/m0/s1. The highest BCUT2D eigenvalue weighted by molar-refractivity contribution is 5.89. The van der Waals surface area contributed by atoms with Crippen molar-refractivity contribution in [3.8, 4) is 0 Å². The van der Waals surface area contributed by atoms with Crippen LogP contribution < -0.4 is 0 Å². The number of benzene rings is 1. The lowest BCUT2D eigenvalue weighted by Gasteiger charge is -2.12. The number of hydrogen-bond donors (Lipinski definition) is 0. The van der Waals surface area contributed by atoms with Gasteiger partial charge in [-0.2, -0.15) is 0 Å². The number of allylic oxidation sites excluding steroid dienone is 2. The van der Waals surface area contributed by atoms with Crippen molar-refractivity contribution in [3.05, 3.63) is 60.2 Å². The molecule has 5 heteroatoms. The van der Waals surface area contributed by atoms with Crippen LogP contribution in [0.15, 0.2) is 54.6 Å². The van der Waals surface area contributed by atoms with Gasteiger partial charge in [-0.15, -0.1) is 0 Å². The first-order valence-corrected chi connectivity index (χ1v) is 8.25. The summed E-state index contributed by atoms with van der Waals surface area (Å²) in [7, 11) is 2.82. The van der Waals surface area contributed by atoms with Gasteiger partial charge < -0.3 is 14.2 Å². The van der Waals surface area contributed by atoms with Gasteiger partial charge >= 0.3 is 5.97 Å². The molecule has 5 nitrogen and oxygen atoms in total. The summed E-state index contributed by atoms with van der Waals surface area (Å²) in [5.74, 6) is -0.427. The molecule has 136 valence electrons. The van der Waals surface area contributed by atoms with Gasteiger partial charge in [0, 0.05) is 19.6 Å². The Morgan fingerprint density at radius 2 is 1.88 bits per heavy atom. The van der Waals surface area contributed by atoms with Crippen molar-refractivity contribution in [2.24, 2.45) is 0 Å². The maximum atomic E-state index is 11.9. The summed E-state index contributed by atoms with van der Waals surface area (Å²) in [6, 6.07) is 10.1. The monoisotopic (exact) mass is 346 g/mol. The lowest BCUT2D eigenvalue weighted by molar-refractivity contribution is -0.135. The average Bonchev–Trinajstić information content (AvgIpc) is 2.65. The fourth-order valence-corrected chi connectivity index (χ4v) is 2.12. The van der Waals surface area contributed by atoms with Gasteiger partial charge in [-0.05, 0) is 37.0 Å². The molecule has 1 rings (SSSR count). The molecule has 0 aromatic heterocycles.